The Bertz CT molecular complexity index is 1180. The van der Waals surface area contributed by atoms with Gasteiger partial charge >= 0.3 is 5.97 Å². The number of hydrogen-bond acceptors (Lipinski definition) is 5. The molecule has 2 fully saturated rings. The molecule has 2 aromatic rings. The Balaban J connectivity index is 1.44. The van der Waals surface area contributed by atoms with Crippen molar-refractivity contribution in [2.45, 2.75) is 64.5 Å². The number of ether oxygens (including phenoxy) is 1. The molecule has 2 amide bonds. The number of amides is 2. The van der Waals surface area contributed by atoms with Crippen LogP contribution in [0.2, 0.25) is 0 Å². The Hall–Kier alpha value is -3.41. The fourth-order valence-corrected chi connectivity index (χ4v) is 5.82. The standard InChI is InChI=1S/C29H32N2O4/c1-18-17-29(2,3)30-24-14-13-20(16-23(18)24)35-28(34)25(15-19-9-5-4-6-10-19)31-26(32)21-11-7-8-12-22(21)27(31)33/h4-6,9-10,13-14,16-17,21-22,25,30H,7-8,11-12,15H2,1-3H3/t21-,22+,25-/m1/s1. The Labute approximate surface area is 206 Å². The normalized spacial score (nSPS) is 23.6. The van der Waals surface area contributed by atoms with Gasteiger partial charge in [0.2, 0.25) is 11.8 Å². The average Bonchev–Trinajstić information content (AvgIpc) is 3.08. The van der Waals surface area contributed by atoms with Crippen LogP contribution in [0.5, 0.6) is 5.75 Å². The van der Waals surface area contributed by atoms with Crippen molar-refractivity contribution >= 4 is 29.0 Å². The third kappa shape index (κ3) is 4.49. The number of rotatable bonds is 5. The number of anilines is 1. The van der Waals surface area contributed by atoms with E-state index < -0.39 is 12.0 Å². The van der Waals surface area contributed by atoms with E-state index in [0.29, 0.717) is 18.6 Å². The van der Waals surface area contributed by atoms with Crippen molar-refractivity contribution in [1.82, 2.24) is 4.90 Å². The summed E-state index contributed by atoms with van der Waals surface area (Å²) >= 11 is 0. The van der Waals surface area contributed by atoms with E-state index in [-0.39, 0.29) is 35.6 Å². The number of carbonyl (C=O) groups is 3. The lowest BCUT2D eigenvalue weighted by atomic mass is 9.81. The van der Waals surface area contributed by atoms with Crippen LogP contribution in [0.4, 0.5) is 5.69 Å². The molecule has 0 aromatic heterocycles. The van der Waals surface area contributed by atoms with Crippen molar-refractivity contribution in [3.05, 3.63) is 65.7 Å². The molecule has 0 unspecified atom stereocenters. The molecule has 5 rings (SSSR count). The van der Waals surface area contributed by atoms with E-state index in [9.17, 15) is 14.4 Å². The third-order valence-electron chi connectivity index (χ3n) is 7.40. The number of nitrogens with zero attached hydrogens (tertiary/aromatic N) is 1. The molecular weight excluding hydrogens is 440 g/mol. The molecule has 1 aliphatic carbocycles. The van der Waals surface area contributed by atoms with E-state index >= 15 is 0 Å². The molecular formula is C29H32N2O4. The number of fused-ring (bicyclic) bond motifs is 2. The number of nitrogens with one attached hydrogen (secondary N) is 1. The highest BCUT2D eigenvalue weighted by molar-refractivity contribution is 6.08. The van der Waals surface area contributed by atoms with E-state index in [0.717, 1.165) is 35.2 Å². The van der Waals surface area contributed by atoms with Gasteiger partial charge in [-0.05, 0) is 62.9 Å². The summed E-state index contributed by atoms with van der Waals surface area (Å²) in [6.45, 7) is 6.24. The van der Waals surface area contributed by atoms with E-state index in [1.54, 1.807) is 6.07 Å². The average molecular weight is 473 g/mol. The highest BCUT2D eigenvalue weighted by Crippen LogP contribution is 2.40. The number of hydrogen-bond donors (Lipinski definition) is 1. The highest BCUT2D eigenvalue weighted by atomic mass is 16.5. The number of benzene rings is 2. The summed E-state index contributed by atoms with van der Waals surface area (Å²) in [6, 6.07) is 14.0. The molecule has 6 nitrogen and oxygen atoms in total. The lowest BCUT2D eigenvalue weighted by Crippen LogP contribution is -2.48. The molecule has 3 aliphatic rings. The van der Waals surface area contributed by atoms with Crippen molar-refractivity contribution in [2.75, 3.05) is 5.32 Å². The van der Waals surface area contributed by atoms with Crippen LogP contribution in [0, 0.1) is 11.8 Å². The minimum Gasteiger partial charge on any atom is -0.425 e. The van der Waals surface area contributed by atoms with Gasteiger partial charge < -0.3 is 10.1 Å². The number of esters is 1. The van der Waals surface area contributed by atoms with Crippen molar-refractivity contribution in [3.63, 3.8) is 0 Å². The van der Waals surface area contributed by atoms with Crippen molar-refractivity contribution in [3.8, 4) is 5.75 Å². The molecule has 6 heteroatoms. The molecule has 2 aromatic carbocycles. The molecule has 2 heterocycles. The van der Waals surface area contributed by atoms with Crippen LogP contribution in [0.15, 0.2) is 54.6 Å². The van der Waals surface area contributed by atoms with Crippen molar-refractivity contribution < 1.29 is 19.1 Å². The maximum absolute atomic E-state index is 13.6. The minimum absolute atomic E-state index is 0.163. The second kappa shape index (κ2) is 8.99. The molecule has 2 aliphatic heterocycles. The molecule has 1 saturated heterocycles. The van der Waals surface area contributed by atoms with Crippen LogP contribution in [0.1, 0.15) is 57.6 Å². The number of imide groups is 1. The molecule has 35 heavy (non-hydrogen) atoms. The van der Waals surface area contributed by atoms with Gasteiger partial charge in [0.1, 0.15) is 11.8 Å². The Morgan fingerprint density at radius 1 is 1.06 bits per heavy atom. The molecule has 0 radical (unpaired) electrons. The predicted molar refractivity (Wildman–Crippen MR) is 135 cm³/mol. The summed E-state index contributed by atoms with van der Waals surface area (Å²) in [5, 5.41) is 3.47. The Kier molecular flexibility index (Phi) is 5.99. The largest absolute Gasteiger partial charge is 0.425 e. The first-order valence-electron chi connectivity index (χ1n) is 12.5. The van der Waals surface area contributed by atoms with Crippen molar-refractivity contribution in [1.29, 1.82) is 0 Å². The second-order valence-corrected chi connectivity index (χ2v) is 10.6. The van der Waals surface area contributed by atoms with Gasteiger partial charge in [-0.3, -0.25) is 14.5 Å². The molecule has 0 spiro atoms. The Morgan fingerprint density at radius 2 is 1.71 bits per heavy atom. The molecule has 0 bridgehead atoms. The third-order valence-corrected chi connectivity index (χ3v) is 7.40. The van der Waals surface area contributed by atoms with Gasteiger partial charge in [0.15, 0.2) is 0 Å². The fraction of sp³-hybridized carbons (Fsp3) is 0.414. The molecule has 3 atom stereocenters. The first kappa shape index (κ1) is 23.3. The van der Waals surface area contributed by atoms with Crippen LogP contribution in [-0.2, 0) is 20.8 Å². The molecule has 1 saturated carbocycles. The van der Waals surface area contributed by atoms with Crippen LogP contribution in [-0.4, -0.2) is 34.3 Å². The van der Waals surface area contributed by atoms with Gasteiger partial charge in [-0.25, -0.2) is 4.79 Å². The lowest BCUT2D eigenvalue weighted by Gasteiger charge is -2.31. The second-order valence-electron chi connectivity index (χ2n) is 10.6. The highest BCUT2D eigenvalue weighted by Gasteiger charge is 2.52. The van der Waals surface area contributed by atoms with Gasteiger partial charge in [0.05, 0.1) is 17.4 Å². The smallest absolute Gasteiger partial charge is 0.335 e. The van der Waals surface area contributed by atoms with E-state index in [2.05, 4.69) is 25.2 Å². The van der Waals surface area contributed by atoms with Gasteiger partial charge in [0.25, 0.3) is 0 Å². The first-order valence-corrected chi connectivity index (χ1v) is 12.5. The van der Waals surface area contributed by atoms with E-state index in [1.807, 2.05) is 49.4 Å². The summed E-state index contributed by atoms with van der Waals surface area (Å²) in [5.41, 5.74) is 3.75. The van der Waals surface area contributed by atoms with Crippen LogP contribution >= 0.6 is 0 Å². The summed E-state index contributed by atoms with van der Waals surface area (Å²) in [6.07, 6.45) is 5.67. The van der Waals surface area contributed by atoms with Crippen molar-refractivity contribution in [2.24, 2.45) is 11.8 Å². The van der Waals surface area contributed by atoms with Gasteiger partial charge in [-0.15, -0.1) is 0 Å². The Morgan fingerprint density at radius 3 is 2.37 bits per heavy atom. The number of allylic oxidation sites excluding steroid dienone is 1. The zero-order chi connectivity index (χ0) is 24.7. The van der Waals surface area contributed by atoms with Crippen LogP contribution in [0.25, 0.3) is 5.57 Å². The SMILES string of the molecule is CC1=CC(C)(C)Nc2ccc(OC(=O)[C@@H](Cc3ccccc3)N3C(=O)[C@H]4CCCC[C@H]4C3=O)cc21. The van der Waals surface area contributed by atoms with E-state index in [4.69, 9.17) is 4.74 Å². The number of likely N-dealkylation sites (tertiary alicyclic amines) is 1. The maximum Gasteiger partial charge on any atom is 0.335 e. The van der Waals surface area contributed by atoms with Gasteiger partial charge in [-0.2, -0.15) is 0 Å². The van der Waals surface area contributed by atoms with E-state index in [1.165, 1.54) is 4.90 Å². The molecule has 1 N–H and O–H groups in total. The van der Waals surface area contributed by atoms with Crippen LogP contribution < -0.4 is 10.1 Å². The number of carbonyl (C=O) groups excluding carboxylic acids is 3. The lowest BCUT2D eigenvalue weighted by molar-refractivity contribution is -0.153. The topological polar surface area (TPSA) is 75.7 Å². The zero-order valence-corrected chi connectivity index (χ0v) is 20.5. The summed E-state index contributed by atoms with van der Waals surface area (Å²) in [5.74, 6) is -1.26. The predicted octanol–water partition coefficient (Wildman–Crippen LogP) is 4.99. The zero-order valence-electron chi connectivity index (χ0n) is 20.5. The summed E-state index contributed by atoms with van der Waals surface area (Å²) in [7, 11) is 0. The minimum atomic E-state index is -0.993. The fourth-order valence-electron chi connectivity index (χ4n) is 5.82. The monoisotopic (exact) mass is 472 g/mol. The molecule has 182 valence electrons. The van der Waals surface area contributed by atoms with Crippen LogP contribution in [0.3, 0.4) is 0 Å². The van der Waals surface area contributed by atoms with Gasteiger partial charge in [-0.1, -0.05) is 49.2 Å². The summed E-state index contributed by atoms with van der Waals surface area (Å²) in [4.78, 5) is 41.4. The summed E-state index contributed by atoms with van der Waals surface area (Å²) < 4.78 is 5.84. The first-order chi connectivity index (χ1) is 16.7. The maximum atomic E-state index is 13.6. The quantitative estimate of drug-likeness (QED) is 0.377. The van der Waals surface area contributed by atoms with Gasteiger partial charge in [0, 0.05) is 17.7 Å².